The number of carbonyl (C=O) groups excluding carboxylic acids is 2. The lowest BCUT2D eigenvalue weighted by atomic mass is 9.92. The third-order valence-corrected chi connectivity index (χ3v) is 5.47. The summed E-state index contributed by atoms with van der Waals surface area (Å²) < 4.78 is 5.79. The smallest absolute Gasteiger partial charge is 0.286 e. The maximum Gasteiger partial charge on any atom is 0.286 e. The molecule has 1 aromatic carbocycles. The van der Waals surface area contributed by atoms with E-state index in [1.807, 2.05) is 25.1 Å². The van der Waals surface area contributed by atoms with Gasteiger partial charge in [-0.05, 0) is 43.4 Å². The summed E-state index contributed by atoms with van der Waals surface area (Å²) in [5, 5.41) is 15.8. The normalized spacial score (nSPS) is 20.4. The highest BCUT2D eigenvalue weighted by atomic mass is 35.5. The first-order valence-electron chi connectivity index (χ1n) is 9.49. The summed E-state index contributed by atoms with van der Waals surface area (Å²) in [6, 6.07) is 8.83. The summed E-state index contributed by atoms with van der Waals surface area (Å²) >= 11 is 6.10. The molecule has 6 nitrogen and oxygen atoms in total. The van der Waals surface area contributed by atoms with Crippen molar-refractivity contribution in [1.82, 2.24) is 10.6 Å². The van der Waals surface area contributed by atoms with Crippen LogP contribution in [0.5, 0.6) is 0 Å². The van der Waals surface area contributed by atoms with E-state index in [0.29, 0.717) is 29.2 Å². The molecule has 1 aromatic heterocycles. The Labute approximate surface area is 169 Å². The molecule has 0 radical (unpaired) electrons. The van der Waals surface area contributed by atoms with E-state index in [1.165, 1.54) is 13.1 Å². The van der Waals surface area contributed by atoms with Crippen LogP contribution in [0.1, 0.15) is 70.8 Å². The molecule has 2 aromatic rings. The van der Waals surface area contributed by atoms with Gasteiger partial charge in [-0.2, -0.15) is 0 Å². The highest BCUT2D eigenvalue weighted by molar-refractivity contribution is 6.30. The van der Waals surface area contributed by atoms with Crippen LogP contribution in [-0.4, -0.2) is 36.1 Å². The SMILES string of the molecule is CNC(=O)c1cc(C(=O)N[C@H]2CC[C@@H](O)CC2)c([C@@H](C)c2cccc(Cl)c2)o1. The summed E-state index contributed by atoms with van der Waals surface area (Å²) in [7, 11) is 1.51. The largest absolute Gasteiger partial charge is 0.454 e. The standard InChI is InChI=1S/C21H25ClN2O4/c1-12(13-4-3-5-14(22)10-13)19-17(11-18(28-19)21(27)23-2)20(26)24-15-6-8-16(25)9-7-15/h3-5,10-12,15-16,25H,6-9H2,1-2H3,(H,23,27)(H,24,26)/t12-,15-,16+/m0/s1. The molecule has 0 saturated heterocycles. The van der Waals surface area contributed by atoms with Crippen molar-refractivity contribution in [3.63, 3.8) is 0 Å². The minimum atomic E-state index is -0.389. The minimum Gasteiger partial charge on any atom is -0.454 e. The van der Waals surface area contributed by atoms with Gasteiger partial charge in [0.1, 0.15) is 5.76 Å². The van der Waals surface area contributed by atoms with Crippen molar-refractivity contribution in [2.75, 3.05) is 7.05 Å². The number of aliphatic hydroxyl groups excluding tert-OH is 1. The van der Waals surface area contributed by atoms with Crippen molar-refractivity contribution in [3.8, 4) is 0 Å². The number of aliphatic hydroxyl groups is 1. The number of hydrogen-bond acceptors (Lipinski definition) is 4. The first-order chi connectivity index (χ1) is 13.4. The Hall–Kier alpha value is -2.31. The Bertz CT molecular complexity index is 856. The van der Waals surface area contributed by atoms with Crippen LogP contribution in [0.2, 0.25) is 5.02 Å². The van der Waals surface area contributed by atoms with Gasteiger partial charge in [0.25, 0.3) is 11.8 Å². The molecule has 3 N–H and O–H groups in total. The average Bonchev–Trinajstić information content (AvgIpc) is 3.14. The topological polar surface area (TPSA) is 91.6 Å². The molecule has 0 bridgehead atoms. The van der Waals surface area contributed by atoms with Crippen molar-refractivity contribution >= 4 is 23.4 Å². The van der Waals surface area contributed by atoms with Crippen molar-refractivity contribution in [2.24, 2.45) is 0 Å². The van der Waals surface area contributed by atoms with Crippen LogP contribution in [0.25, 0.3) is 0 Å². The van der Waals surface area contributed by atoms with Crippen LogP contribution in [-0.2, 0) is 0 Å². The minimum absolute atomic E-state index is 0.00331. The van der Waals surface area contributed by atoms with Crippen molar-refractivity contribution in [1.29, 1.82) is 0 Å². The van der Waals surface area contributed by atoms with Gasteiger partial charge in [0.05, 0.1) is 11.7 Å². The fourth-order valence-corrected chi connectivity index (χ4v) is 3.75. The Morgan fingerprint density at radius 1 is 1.18 bits per heavy atom. The molecule has 1 heterocycles. The lowest BCUT2D eigenvalue weighted by Crippen LogP contribution is -2.38. The molecular weight excluding hydrogens is 380 g/mol. The van der Waals surface area contributed by atoms with E-state index in [9.17, 15) is 14.7 Å². The number of nitrogens with one attached hydrogen (secondary N) is 2. The summed E-state index contributed by atoms with van der Waals surface area (Å²) in [6.45, 7) is 1.91. The number of carbonyl (C=O) groups is 2. The van der Waals surface area contributed by atoms with Crippen molar-refractivity contribution in [3.05, 3.63) is 58.0 Å². The first kappa shape index (κ1) is 20.4. The Balaban J connectivity index is 1.89. The second-order valence-electron chi connectivity index (χ2n) is 7.22. The quantitative estimate of drug-likeness (QED) is 0.711. The fourth-order valence-electron chi connectivity index (χ4n) is 3.55. The second-order valence-corrected chi connectivity index (χ2v) is 7.66. The lowest BCUT2D eigenvalue weighted by molar-refractivity contribution is 0.0864. The van der Waals surface area contributed by atoms with Gasteiger partial charge >= 0.3 is 0 Å². The van der Waals surface area contributed by atoms with Crippen LogP contribution in [0, 0.1) is 0 Å². The molecule has 1 aliphatic rings. The number of benzene rings is 1. The molecule has 7 heteroatoms. The van der Waals surface area contributed by atoms with Crippen LogP contribution in [0.3, 0.4) is 0 Å². The van der Waals surface area contributed by atoms with Gasteiger partial charge in [-0.3, -0.25) is 9.59 Å². The highest BCUT2D eigenvalue weighted by Crippen LogP contribution is 2.31. The van der Waals surface area contributed by atoms with E-state index in [4.69, 9.17) is 16.0 Å². The lowest BCUT2D eigenvalue weighted by Gasteiger charge is -2.26. The number of halogens is 1. The highest BCUT2D eigenvalue weighted by Gasteiger charge is 2.28. The van der Waals surface area contributed by atoms with Gasteiger partial charge in [0, 0.05) is 30.1 Å². The maximum absolute atomic E-state index is 13.0. The third kappa shape index (κ3) is 4.56. The van der Waals surface area contributed by atoms with Crippen LogP contribution in [0.15, 0.2) is 34.7 Å². The zero-order valence-corrected chi connectivity index (χ0v) is 16.8. The molecule has 0 spiro atoms. The van der Waals surface area contributed by atoms with Gasteiger partial charge in [0.15, 0.2) is 5.76 Å². The summed E-state index contributed by atoms with van der Waals surface area (Å²) in [6.07, 6.45) is 2.51. The fraction of sp³-hybridized carbons (Fsp3) is 0.429. The first-order valence-corrected chi connectivity index (χ1v) is 9.87. The molecule has 2 amide bonds. The molecule has 1 fully saturated rings. The van der Waals surface area contributed by atoms with Crippen molar-refractivity contribution < 1.29 is 19.1 Å². The zero-order valence-electron chi connectivity index (χ0n) is 16.0. The molecule has 0 unspecified atom stereocenters. The number of amides is 2. The van der Waals surface area contributed by atoms with E-state index in [2.05, 4.69) is 10.6 Å². The predicted molar refractivity (Wildman–Crippen MR) is 107 cm³/mol. The number of rotatable bonds is 5. The van der Waals surface area contributed by atoms with Crippen molar-refractivity contribution in [2.45, 2.75) is 50.7 Å². The molecular formula is C21H25ClN2O4. The van der Waals surface area contributed by atoms with E-state index < -0.39 is 0 Å². The second kappa shape index (κ2) is 8.80. The number of hydrogen-bond donors (Lipinski definition) is 3. The van der Waals surface area contributed by atoms with Gasteiger partial charge < -0.3 is 20.2 Å². The van der Waals surface area contributed by atoms with Gasteiger partial charge in [-0.15, -0.1) is 0 Å². The molecule has 3 rings (SSSR count). The monoisotopic (exact) mass is 404 g/mol. The van der Waals surface area contributed by atoms with Gasteiger partial charge in [-0.1, -0.05) is 30.7 Å². The van der Waals surface area contributed by atoms with Crippen LogP contribution >= 0.6 is 11.6 Å². The molecule has 28 heavy (non-hydrogen) atoms. The summed E-state index contributed by atoms with van der Waals surface area (Å²) in [5.41, 5.74) is 1.23. The van der Waals surface area contributed by atoms with Crippen LogP contribution in [0.4, 0.5) is 0 Å². The molecule has 1 atom stereocenters. The van der Waals surface area contributed by atoms with E-state index >= 15 is 0 Å². The molecule has 0 aliphatic heterocycles. The summed E-state index contributed by atoms with van der Waals surface area (Å²) in [5.74, 6) is -0.403. The molecule has 150 valence electrons. The molecule has 1 saturated carbocycles. The van der Waals surface area contributed by atoms with E-state index in [0.717, 1.165) is 18.4 Å². The predicted octanol–water partition coefficient (Wildman–Crippen LogP) is 3.48. The van der Waals surface area contributed by atoms with Gasteiger partial charge in [-0.25, -0.2) is 0 Å². The Kier molecular flexibility index (Phi) is 6.42. The Morgan fingerprint density at radius 2 is 1.89 bits per heavy atom. The zero-order chi connectivity index (χ0) is 20.3. The van der Waals surface area contributed by atoms with Gasteiger partial charge in [0.2, 0.25) is 0 Å². The number of furan rings is 1. The van der Waals surface area contributed by atoms with E-state index in [1.54, 1.807) is 6.07 Å². The summed E-state index contributed by atoms with van der Waals surface area (Å²) in [4.78, 5) is 25.0. The Morgan fingerprint density at radius 3 is 2.54 bits per heavy atom. The van der Waals surface area contributed by atoms with Crippen LogP contribution < -0.4 is 10.6 Å². The van der Waals surface area contributed by atoms with E-state index in [-0.39, 0.29) is 35.6 Å². The molecule has 1 aliphatic carbocycles. The average molecular weight is 405 g/mol. The maximum atomic E-state index is 13.0. The third-order valence-electron chi connectivity index (χ3n) is 5.23.